The van der Waals surface area contributed by atoms with E-state index in [1.54, 1.807) is 12.4 Å². The molecule has 30 heavy (non-hydrogen) atoms. The van der Waals surface area contributed by atoms with Crippen molar-refractivity contribution in [3.05, 3.63) is 77.9 Å². The fourth-order valence-corrected chi connectivity index (χ4v) is 4.59. The number of piperidine rings is 1. The first kappa shape index (κ1) is 19.0. The fraction of sp³-hybridized carbons (Fsp3) is 0.333. The molecule has 154 valence electrons. The zero-order valence-corrected chi connectivity index (χ0v) is 17.0. The lowest BCUT2D eigenvalue weighted by molar-refractivity contribution is 0.153. The normalized spacial score (nSPS) is 17.6. The summed E-state index contributed by atoms with van der Waals surface area (Å²) in [7, 11) is 0. The lowest BCUT2D eigenvalue weighted by atomic mass is 9.95. The Morgan fingerprint density at radius 1 is 0.900 bits per heavy atom. The van der Waals surface area contributed by atoms with Crippen molar-refractivity contribution in [1.29, 1.82) is 0 Å². The highest BCUT2D eigenvalue weighted by atomic mass is 19.1. The number of rotatable bonds is 4. The minimum Gasteiger partial charge on any atom is -0.356 e. The van der Waals surface area contributed by atoms with Gasteiger partial charge in [0.2, 0.25) is 0 Å². The molecule has 0 atom stereocenters. The van der Waals surface area contributed by atoms with E-state index >= 15 is 0 Å². The molecule has 0 spiro atoms. The van der Waals surface area contributed by atoms with Crippen LogP contribution in [0.15, 0.2) is 60.9 Å². The summed E-state index contributed by atoms with van der Waals surface area (Å²) >= 11 is 0. The zero-order chi connectivity index (χ0) is 20.3. The molecule has 6 heteroatoms. The number of hydrogen-bond acceptors (Lipinski definition) is 5. The molecule has 1 N–H and O–H groups in total. The third-order valence-electron chi connectivity index (χ3n) is 6.21. The van der Waals surface area contributed by atoms with Crippen molar-refractivity contribution in [1.82, 2.24) is 14.9 Å². The van der Waals surface area contributed by atoms with Crippen LogP contribution in [0.25, 0.3) is 0 Å². The van der Waals surface area contributed by atoms with Gasteiger partial charge in [-0.05, 0) is 48.6 Å². The predicted molar refractivity (Wildman–Crippen MR) is 118 cm³/mol. The summed E-state index contributed by atoms with van der Waals surface area (Å²) in [6, 6.07) is 17.8. The Labute approximate surface area is 176 Å². The van der Waals surface area contributed by atoms with E-state index in [-0.39, 0.29) is 5.82 Å². The fourth-order valence-electron chi connectivity index (χ4n) is 4.59. The highest BCUT2D eigenvalue weighted by Crippen LogP contribution is 2.27. The molecule has 2 aliphatic heterocycles. The molecular weight excluding hydrogens is 377 g/mol. The van der Waals surface area contributed by atoms with E-state index in [0.717, 1.165) is 51.3 Å². The van der Waals surface area contributed by atoms with Crippen LogP contribution >= 0.6 is 0 Å². The summed E-state index contributed by atoms with van der Waals surface area (Å²) in [5.74, 6) is 1.34. The standard InChI is InChI=1S/C24H26FN5/c25-20-6-3-7-21(14-20)28-23-15-24(27-17-26-23)29-12-9-22(10-13-29)30-11-8-18-4-1-2-5-19(18)16-30/h1-7,14-15,17,22H,8-13,16H2,(H,26,27,28). The van der Waals surface area contributed by atoms with Crippen molar-refractivity contribution in [2.24, 2.45) is 0 Å². The SMILES string of the molecule is Fc1cccc(Nc2cc(N3CCC(N4CCc5ccccc5C4)CC3)ncn2)c1. The maximum atomic E-state index is 13.4. The number of anilines is 3. The zero-order valence-electron chi connectivity index (χ0n) is 17.0. The van der Waals surface area contributed by atoms with Gasteiger partial charge in [-0.2, -0.15) is 0 Å². The second kappa shape index (κ2) is 8.40. The molecule has 5 rings (SSSR count). The Kier molecular flexibility index (Phi) is 5.32. The first-order valence-corrected chi connectivity index (χ1v) is 10.6. The smallest absolute Gasteiger partial charge is 0.135 e. The van der Waals surface area contributed by atoms with Gasteiger partial charge in [-0.25, -0.2) is 14.4 Å². The second-order valence-electron chi connectivity index (χ2n) is 8.10. The molecule has 3 aromatic rings. The van der Waals surface area contributed by atoms with Crippen molar-refractivity contribution in [2.45, 2.75) is 31.8 Å². The van der Waals surface area contributed by atoms with Crippen LogP contribution in [0.3, 0.4) is 0 Å². The minimum absolute atomic E-state index is 0.267. The Morgan fingerprint density at radius 2 is 1.73 bits per heavy atom. The molecule has 5 nitrogen and oxygen atoms in total. The Balaban J connectivity index is 1.21. The van der Waals surface area contributed by atoms with Crippen molar-refractivity contribution in [3.63, 3.8) is 0 Å². The monoisotopic (exact) mass is 403 g/mol. The van der Waals surface area contributed by atoms with Crippen molar-refractivity contribution in [3.8, 4) is 0 Å². The van der Waals surface area contributed by atoms with Gasteiger partial charge in [0.15, 0.2) is 0 Å². The quantitative estimate of drug-likeness (QED) is 0.700. The molecular formula is C24H26FN5. The van der Waals surface area contributed by atoms with Crippen LogP contribution in [0.2, 0.25) is 0 Å². The maximum Gasteiger partial charge on any atom is 0.135 e. The number of nitrogens with zero attached hydrogens (tertiary/aromatic N) is 4. The van der Waals surface area contributed by atoms with Crippen LogP contribution in [0.4, 0.5) is 21.7 Å². The van der Waals surface area contributed by atoms with E-state index in [1.165, 1.54) is 23.3 Å². The summed E-state index contributed by atoms with van der Waals surface area (Å²) in [5.41, 5.74) is 3.67. The summed E-state index contributed by atoms with van der Waals surface area (Å²) in [6.07, 6.45) is 5.00. The largest absolute Gasteiger partial charge is 0.356 e. The third-order valence-corrected chi connectivity index (χ3v) is 6.21. The van der Waals surface area contributed by atoms with E-state index in [1.807, 2.05) is 12.1 Å². The van der Waals surface area contributed by atoms with Gasteiger partial charge in [0, 0.05) is 44.0 Å². The number of aromatic nitrogens is 2. The van der Waals surface area contributed by atoms with Crippen LogP contribution in [0.5, 0.6) is 0 Å². The van der Waals surface area contributed by atoms with Crippen LogP contribution in [0, 0.1) is 5.82 Å². The van der Waals surface area contributed by atoms with Crippen molar-refractivity contribution < 1.29 is 4.39 Å². The number of fused-ring (bicyclic) bond motifs is 1. The Bertz CT molecular complexity index is 1020. The number of benzene rings is 2. The molecule has 1 aromatic heterocycles. The lowest BCUT2D eigenvalue weighted by Crippen LogP contribution is -2.46. The second-order valence-corrected chi connectivity index (χ2v) is 8.10. The number of nitrogens with one attached hydrogen (secondary N) is 1. The molecule has 1 fully saturated rings. The molecule has 0 saturated carbocycles. The van der Waals surface area contributed by atoms with Gasteiger partial charge in [0.25, 0.3) is 0 Å². The molecule has 0 amide bonds. The molecule has 0 aliphatic carbocycles. The number of halogens is 1. The van der Waals surface area contributed by atoms with Crippen LogP contribution in [-0.2, 0) is 13.0 Å². The Morgan fingerprint density at radius 3 is 2.57 bits per heavy atom. The molecule has 0 radical (unpaired) electrons. The van der Waals surface area contributed by atoms with E-state index in [0.29, 0.717) is 17.5 Å². The molecule has 3 heterocycles. The van der Waals surface area contributed by atoms with Gasteiger partial charge < -0.3 is 10.2 Å². The summed E-state index contributed by atoms with van der Waals surface area (Å²) in [6.45, 7) is 4.19. The van der Waals surface area contributed by atoms with Gasteiger partial charge in [-0.1, -0.05) is 30.3 Å². The van der Waals surface area contributed by atoms with Gasteiger partial charge >= 0.3 is 0 Å². The van der Waals surface area contributed by atoms with Gasteiger partial charge in [-0.3, -0.25) is 4.90 Å². The van der Waals surface area contributed by atoms with Gasteiger partial charge in [-0.15, -0.1) is 0 Å². The maximum absolute atomic E-state index is 13.4. The number of hydrogen-bond donors (Lipinski definition) is 1. The van der Waals surface area contributed by atoms with Crippen molar-refractivity contribution >= 4 is 17.3 Å². The molecule has 2 aromatic carbocycles. The molecule has 1 saturated heterocycles. The topological polar surface area (TPSA) is 44.3 Å². The van der Waals surface area contributed by atoms with Gasteiger partial charge in [0.1, 0.15) is 23.8 Å². The molecule has 2 aliphatic rings. The van der Waals surface area contributed by atoms with E-state index in [4.69, 9.17) is 0 Å². The first-order valence-electron chi connectivity index (χ1n) is 10.6. The van der Waals surface area contributed by atoms with E-state index in [9.17, 15) is 4.39 Å². The highest BCUT2D eigenvalue weighted by molar-refractivity contribution is 5.59. The summed E-state index contributed by atoms with van der Waals surface area (Å²) < 4.78 is 13.4. The third kappa shape index (κ3) is 4.14. The lowest BCUT2D eigenvalue weighted by Gasteiger charge is -2.41. The first-order chi connectivity index (χ1) is 14.7. The van der Waals surface area contributed by atoms with E-state index < -0.39 is 0 Å². The van der Waals surface area contributed by atoms with E-state index in [2.05, 4.69) is 49.4 Å². The minimum atomic E-state index is -0.267. The average molecular weight is 404 g/mol. The summed E-state index contributed by atoms with van der Waals surface area (Å²) in [4.78, 5) is 13.7. The van der Waals surface area contributed by atoms with Crippen LogP contribution in [0.1, 0.15) is 24.0 Å². The average Bonchev–Trinajstić information content (AvgIpc) is 2.79. The van der Waals surface area contributed by atoms with Crippen LogP contribution < -0.4 is 10.2 Å². The highest BCUT2D eigenvalue weighted by Gasteiger charge is 2.27. The van der Waals surface area contributed by atoms with Crippen molar-refractivity contribution in [2.75, 3.05) is 29.9 Å². The molecule has 0 unspecified atom stereocenters. The van der Waals surface area contributed by atoms with Gasteiger partial charge in [0.05, 0.1) is 0 Å². The van der Waals surface area contributed by atoms with Crippen LogP contribution in [-0.4, -0.2) is 40.5 Å². The predicted octanol–water partition coefficient (Wildman–Crippen LogP) is 4.39. The molecule has 0 bridgehead atoms. The Hall–Kier alpha value is -2.99. The summed E-state index contributed by atoms with van der Waals surface area (Å²) in [5, 5.41) is 3.17.